The topological polar surface area (TPSA) is 90.6 Å². The first kappa shape index (κ1) is 18.1. The van der Waals surface area contributed by atoms with Crippen LogP contribution in [0.15, 0.2) is 29.1 Å². The molecule has 1 aromatic heterocycles. The number of hydrogen-bond donors (Lipinski definition) is 2. The number of ether oxygens (including phenoxy) is 1. The molecular weight excluding hydrogens is 346 g/mol. The Morgan fingerprint density at radius 1 is 1.33 bits per heavy atom. The van der Waals surface area contributed by atoms with Crippen molar-refractivity contribution in [2.24, 2.45) is 0 Å². The van der Waals surface area contributed by atoms with Crippen LogP contribution in [0.5, 0.6) is 0 Å². The molecule has 2 aromatic rings. The molecule has 0 bridgehead atoms. The molecule has 2 aliphatic rings. The lowest BCUT2D eigenvalue weighted by Gasteiger charge is -2.39. The van der Waals surface area contributed by atoms with Crippen molar-refractivity contribution in [1.29, 1.82) is 0 Å². The summed E-state index contributed by atoms with van der Waals surface area (Å²) in [6, 6.07) is 7.48. The van der Waals surface area contributed by atoms with Gasteiger partial charge in [-0.3, -0.25) is 14.5 Å². The molecule has 0 saturated carbocycles. The number of amides is 1. The third-order valence-corrected chi connectivity index (χ3v) is 5.25. The van der Waals surface area contributed by atoms with Gasteiger partial charge in [0.05, 0.1) is 24.1 Å². The third-order valence-electron chi connectivity index (χ3n) is 5.25. The lowest BCUT2D eigenvalue weighted by Crippen LogP contribution is -2.58. The van der Waals surface area contributed by atoms with Crippen LogP contribution >= 0.6 is 0 Å². The first-order chi connectivity index (χ1) is 13.1. The maximum Gasteiger partial charge on any atom is 0.258 e. The van der Waals surface area contributed by atoms with Gasteiger partial charge in [0, 0.05) is 38.8 Å². The number of para-hydroxylation sites is 1. The predicted molar refractivity (Wildman–Crippen MR) is 101 cm³/mol. The van der Waals surface area contributed by atoms with E-state index in [1.807, 2.05) is 30.0 Å². The number of aromatic nitrogens is 2. The number of benzene rings is 1. The zero-order valence-electron chi connectivity index (χ0n) is 15.5. The number of morpholine rings is 1. The number of piperazine rings is 1. The SMILES string of the molecule is CC1CNCCN1C(=O)C1CN(Cc2nc3ccccc3c(=O)[nH]2)CCO1. The standard InChI is InChI=1S/C19H25N5O3/c1-13-10-20-6-7-24(13)19(26)16-11-23(8-9-27-16)12-17-21-15-5-3-2-4-14(15)18(25)22-17/h2-5,13,16,20H,6-12H2,1H3,(H,21,22,25). The van der Waals surface area contributed by atoms with Crippen LogP contribution in [-0.4, -0.2) is 77.2 Å². The number of nitrogens with zero attached hydrogens (tertiary/aromatic N) is 3. The highest BCUT2D eigenvalue weighted by atomic mass is 16.5. The van der Waals surface area contributed by atoms with Crippen LogP contribution in [0.3, 0.4) is 0 Å². The Morgan fingerprint density at radius 2 is 2.19 bits per heavy atom. The molecule has 2 N–H and O–H groups in total. The summed E-state index contributed by atoms with van der Waals surface area (Å²) in [7, 11) is 0. The Balaban J connectivity index is 1.45. The van der Waals surface area contributed by atoms with E-state index in [4.69, 9.17) is 4.74 Å². The molecule has 8 nitrogen and oxygen atoms in total. The monoisotopic (exact) mass is 371 g/mol. The first-order valence-electron chi connectivity index (χ1n) is 9.45. The van der Waals surface area contributed by atoms with E-state index >= 15 is 0 Å². The van der Waals surface area contributed by atoms with Crippen molar-refractivity contribution in [1.82, 2.24) is 25.1 Å². The fourth-order valence-electron chi connectivity index (χ4n) is 3.77. The van der Waals surface area contributed by atoms with Crippen molar-refractivity contribution in [2.75, 3.05) is 39.3 Å². The molecule has 3 heterocycles. The molecule has 4 rings (SSSR count). The summed E-state index contributed by atoms with van der Waals surface area (Å²) in [5.74, 6) is 0.663. The number of nitrogens with one attached hydrogen (secondary N) is 2. The Morgan fingerprint density at radius 3 is 3.04 bits per heavy atom. The van der Waals surface area contributed by atoms with Gasteiger partial charge in [0.15, 0.2) is 0 Å². The van der Waals surface area contributed by atoms with Crippen LogP contribution in [0.1, 0.15) is 12.7 Å². The van der Waals surface area contributed by atoms with Crippen LogP contribution in [-0.2, 0) is 16.1 Å². The minimum Gasteiger partial charge on any atom is -0.366 e. The molecule has 0 radical (unpaired) electrons. The van der Waals surface area contributed by atoms with Gasteiger partial charge in [0.2, 0.25) is 0 Å². The molecule has 8 heteroatoms. The molecule has 0 aliphatic carbocycles. The number of carbonyl (C=O) groups excluding carboxylic acids is 1. The number of aromatic amines is 1. The number of hydrogen-bond acceptors (Lipinski definition) is 6. The second kappa shape index (κ2) is 7.75. The summed E-state index contributed by atoms with van der Waals surface area (Å²) >= 11 is 0. The molecule has 27 heavy (non-hydrogen) atoms. The molecule has 144 valence electrons. The van der Waals surface area contributed by atoms with E-state index in [0.29, 0.717) is 49.5 Å². The molecule has 2 aliphatic heterocycles. The summed E-state index contributed by atoms with van der Waals surface area (Å²) in [6.45, 7) is 6.58. The summed E-state index contributed by atoms with van der Waals surface area (Å²) in [5, 5.41) is 3.88. The van der Waals surface area contributed by atoms with Crippen LogP contribution in [0.25, 0.3) is 10.9 Å². The van der Waals surface area contributed by atoms with Gasteiger partial charge in [0.25, 0.3) is 11.5 Å². The minimum atomic E-state index is -0.466. The van der Waals surface area contributed by atoms with Gasteiger partial charge in [0.1, 0.15) is 11.9 Å². The number of carbonyl (C=O) groups is 1. The van der Waals surface area contributed by atoms with Gasteiger partial charge in [-0.05, 0) is 19.1 Å². The lowest BCUT2D eigenvalue weighted by molar-refractivity contribution is -0.152. The van der Waals surface area contributed by atoms with E-state index in [-0.39, 0.29) is 17.5 Å². The van der Waals surface area contributed by atoms with E-state index in [1.165, 1.54) is 0 Å². The highest BCUT2D eigenvalue weighted by Gasteiger charge is 2.33. The maximum absolute atomic E-state index is 12.9. The van der Waals surface area contributed by atoms with Crippen molar-refractivity contribution in [3.05, 3.63) is 40.4 Å². The zero-order chi connectivity index (χ0) is 18.8. The van der Waals surface area contributed by atoms with Gasteiger partial charge in [-0.1, -0.05) is 12.1 Å². The molecule has 2 atom stereocenters. The molecule has 1 amide bonds. The minimum absolute atomic E-state index is 0.0497. The van der Waals surface area contributed by atoms with E-state index < -0.39 is 6.10 Å². The Bertz CT molecular complexity index is 883. The van der Waals surface area contributed by atoms with E-state index in [9.17, 15) is 9.59 Å². The van der Waals surface area contributed by atoms with Crippen molar-refractivity contribution in [3.8, 4) is 0 Å². The number of fused-ring (bicyclic) bond motifs is 1. The van der Waals surface area contributed by atoms with Crippen molar-refractivity contribution < 1.29 is 9.53 Å². The highest BCUT2D eigenvalue weighted by Crippen LogP contribution is 2.14. The van der Waals surface area contributed by atoms with Crippen LogP contribution in [0.4, 0.5) is 0 Å². The Kier molecular flexibility index (Phi) is 5.20. The number of H-pyrrole nitrogens is 1. The summed E-state index contributed by atoms with van der Waals surface area (Å²) in [4.78, 5) is 36.6. The van der Waals surface area contributed by atoms with Gasteiger partial charge in [-0.2, -0.15) is 0 Å². The van der Waals surface area contributed by atoms with Crippen molar-refractivity contribution in [2.45, 2.75) is 25.6 Å². The molecule has 2 fully saturated rings. The molecule has 0 spiro atoms. The average Bonchev–Trinajstić information content (AvgIpc) is 2.68. The molecule has 1 aromatic carbocycles. The van der Waals surface area contributed by atoms with Crippen molar-refractivity contribution >= 4 is 16.8 Å². The number of rotatable bonds is 3. The summed E-state index contributed by atoms with van der Waals surface area (Å²) < 4.78 is 5.76. The smallest absolute Gasteiger partial charge is 0.258 e. The van der Waals surface area contributed by atoms with E-state index in [1.54, 1.807) is 6.07 Å². The zero-order valence-corrected chi connectivity index (χ0v) is 15.5. The summed E-state index contributed by atoms with van der Waals surface area (Å²) in [6.07, 6.45) is -0.466. The molecule has 2 unspecified atom stereocenters. The fraction of sp³-hybridized carbons (Fsp3) is 0.526. The lowest BCUT2D eigenvalue weighted by atomic mass is 10.1. The normalized spacial score (nSPS) is 24.3. The predicted octanol–water partition coefficient (Wildman–Crippen LogP) is -0.0558. The first-order valence-corrected chi connectivity index (χ1v) is 9.45. The summed E-state index contributed by atoms with van der Waals surface area (Å²) in [5.41, 5.74) is 0.554. The van der Waals surface area contributed by atoms with Gasteiger partial charge < -0.3 is 19.9 Å². The molecule has 2 saturated heterocycles. The highest BCUT2D eigenvalue weighted by molar-refractivity contribution is 5.81. The second-order valence-corrected chi connectivity index (χ2v) is 7.21. The van der Waals surface area contributed by atoms with Gasteiger partial charge in [-0.25, -0.2) is 4.98 Å². The largest absolute Gasteiger partial charge is 0.366 e. The quantitative estimate of drug-likeness (QED) is 0.786. The van der Waals surface area contributed by atoms with Crippen molar-refractivity contribution in [3.63, 3.8) is 0 Å². The second-order valence-electron chi connectivity index (χ2n) is 7.21. The van der Waals surface area contributed by atoms with Crippen LogP contribution in [0.2, 0.25) is 0 Å². The Labute approximate surface area is 157 Å². The molecular formula is C19H25N5O3. The van der Waals surface area contributed by atoms with E-state index in [0.717, 1.165) is 13.1 Å². The third kappa shape index (κ3) is 3.87. The maximum atomic E-state index is 12.9. The average molecular weight is 371 g/mol. The van der Waals surface area contributed by atoms with Gasteiger partial charge in [-0.15, -0.1) is 0 Å². The van der Waals surface area contributed by atoms with Crippen LogP contribution in [0, 0.1) is 0 Å². The van der Waals surface area contributed by atoms with Gasteiger partial charge >= 0.3 is 0 Å². The van der Waals surface area contributed by atoms with E-state index in [2.05, 4.69) is 20.2 Å². The fourth-order valence-corrected chi connectivity index (χ4v) is 3.77. The van der Waals surface area contributed by atoms with Crippen LogP contribution < -0.4 is 10.9 Å². The Hall–Kier alpha value is -2.29.